The number of hydrogen-bond acceptors (Lipinski definition) is 2. The zero-order valence-corrected chi connectivity index (χ0v) is 13.0. The van der Waals surface area contributed by atoms with E-state index in [1.807, 2.05) is 0 Å². The molecule has 0 aromatic carbocycles. The summed E-state index contributed by atoms with van der Waals surface area (Å²) in [6, 6.07) is 0. The van der Waals surface area contributed by atoms with Gasteiger partial charge in [0.2, 0.25) is 0 Å². The molecule has 1 rings (SSSR count). The number of rotatable bonds is 10. The molecule has 1 fully saturated rings. The Balaban J connectivity index is 2.23. The highest BCUT2D eigenvalue weighted by atomic mass is 19.2. The molecule has 0 aliphatic heterocycles. The summed E-state index contributed by atoms with van der Waals surface area (Å²) in [4.78, 5) is 0. The van der Waals surface area contributed by atoms with E-state index >= 15 is 0 Å². The van der Waals surface area contributed by atoms with Crippen LogP contribution in [0.3, 0.4) is 0 Å². The minimum Gasteiger partial charge on any atom is -0.375 e. The molecule has 0 aromatic rings. The first kappa shape index (κ1) is 17.8. The SMILES string of the molecule is CCCCCOC1CCC(OCCCCC)C(F)C1F. The van der Waals surface area contributed by atoms with Crippen molar-refractivity contribution in [2.45, 2.75) is 89.8 Å². The Morgan fingerprint density at radius 3 is 1.50 bits per heavy atom. The smallest absolute Gasteiger partial charge is 0.160 e. The van der Waals surface area contributed by atoms with Gasteiger partial charge in [0, 0.05) is 13.2 Å². The molecule has 0 radical (unpaired) electrons. The fourth-order valence-electron chi connectivity index (χ4n) is 2.58. The Labute approximate surface area is 122 Å². The molecule has 1 aliphatic carbocycles. The van der Waals surface area contributed by atoms with E-state index in [0.29, 0.717) is 26.1 Å². The Kier molecular flexibility index (Phi) is 9.36. The summed E-state index contributed by atoms with van der Waals surface area (Å²) in [6.45, 7) is 5.29. The summed E-state index contributed by atoms with van der Waals surface area (Å²) >= 11 is 0. The zero-order valence-electron chi connectivity index (χ0n) is 13.0. The third-order valence-corrected chi connectivity index (χ3v) is 3.91. The molecule has 4 atom stereocenters. The summed E-state index contributed by atoms with van der Waals surface area (Å²) in [6.07, 6.45) is 3.08. The third-order valence-electron chi connectivity index (χ3n) is 3.91. The highest BCUT2D eigenvalue weighted by molar-refractivity contribution is 4.89. The van der Waals surface area contributed by atoms with Gasteiger partial charge >= 0.3 is 0 Å². The quantitative estimate of drug-likeness (QED) is 0.548. The molecular weight excluding hydrogens is 262 g/mol. The van der Waals surface area contributed by atoms with E-state index in [1.165, 1.54) is 0 Å². The van der Waals surface area contributed by atoms with Crippen molar-refractivity contribution < 1.29 is 18.3 Å². The molecule has 1 aliphatic rings. The van der Waals surface area contributed by atoms with Gasteiger partial charge in [-0.1, -0.05) is 39.5 Å². The molecule has 0 bridgehead atoms. The van der Waals surface area contributed by atoms with Crippen LogP contribution in [0.4, 0.5) is 8.78 Å². The van der Waals surface area contributed by atoms with Crippen LogP contribution in [0, 0.1) is 0 Å². The van der Waals surface area contributed by atoms with Crippen molar-refractivity contribution in [3.05, 3.63) is 0 Å². The molecule has 0 spiro atoms. The fraction of sp³-hybridized carbons (Fsp3) is 1.00. The molecule has 4 unspecified atom stereocenters. The highest BCUT2D eigenvalue weighted by Gasteiger charge is 2.41. The fourth-order valence-corrected chi connectivity index (χ4v) is 2.58. The monoisotopic (exact) mass is 292 g/mol. The normalized spacial score (nSPS) is 30.6. The van der Waals surface area contributed by atoms with Crippen LogP contribution in [0.1, 0.15) is 65.2 Å². The van der Waals surface area contributed by atoms with Crippen molar-refractivity contribution in [1.29, 1.82) is 0 Å². The van der Waals surface area contributed by atoms with Crippen LogP contribution in [-0.4, -0.2) is 37.8 Å². The van der Waals surface area contributed by atoms with E-state index < -0.39 is 24.6 Å². The summed E-state index contributed by atoms with van der Waals surface area (Å²) in [5.74, 6) is 0. The lowest BCUT2D eigenvalue weighted by Crippen LogP contribution is -2.46. The lowest BCUT2D eigenvalue weighted by Gasteiger charge is -2.34. The van der Waals surface area contributed by atoms with Gasteiger partial charge in [0.1, 0.15) is 0 Å². The first-order chi connectivity index (χ1) is 9.70. The maximum absolute atomic E-state index is 14.0. The first-order valence-electron chi connectivity index (χ1n) is 8.22. The van der Waals surface area contributed by atoms with Crippen molar-refractivity contribution in [1.82, 2.24) is 0 Å². The van der Waals surface area contributed by atoms with E-state index in [0.717, 1.165) is 38.5 Å². The van der Waals surface area contributed by atoms with E-state index in [-0.39, 0.29) is 0 Å². The third kappa shape index (κ3) is 6.04. The number of hydrogen-bond donors (Lipinski definition) is 0. The van der Waals surface area contributed by atoms with Crippen LogP contribution in [-0.2, 0) is 9.47 Å². The molecule has 0 heterocycles. The van der Waals surface area contributed by atoms with E-state index in [4.69, 9.17) is 9.47 Å². The van der Waals surface area contributed by atoms with Crippen LogP contribution in [0.2, 0.25) is 0 Å². The minimum atomic E-state index is -1.54. The first-order valence-corrected chi connectivity index (χ1v) is 8.22. The summed E-state index contributed by atoms with van der Waals surface area (Å²) in [5, 5.41) is 0. The second-order valence-corrected chi connectivity index (χ2v) is 5.70. The number of halogens is 2. The summed E-state index contributed by atoms with van der Waals surface area (Å²) in [5.41, 5.74) is 0. The van der Waals surface area contributed by atoms with Crippen LogP contribution >= 0.6 is 0 Å². The van der Waals surface area contributed by atoms with Crippen molar-refractivity contribution in [3.63, 3.8) is 0 Å². The highest BCUT2D eigenvalue weighted by Crippen LogP contribution is 2.29. The van der Waals surface area contributed by atoms with Crippen molar-refractivity contribution >= 4 is 0 Å². The Bertz CT molecular complexity index is 215. The Morgan fingerprint density at radius 2 is 1.15 bits per heavy atom. The maximum atomic E-state index is 14.0. The van der Waals surface area contributed by atoms with Crippen molar-refractivity contribution in [3.8, 4) is 0 Å². The Morgan fingerprint density at radius 1 is 0.750 bits per heavy atom. The largest absolute Gasteiger partial charge is 0.375 e. The van der Waals surface area contributed by atoms with Crippen molar-refractivity contribution in [2.24, 2.45) is 0 Å². The standard InChI is InChI=1S/C16H30F2O2/c1-3-5-7-11-19-13-9-10-14(16(18)15(13)17)20-12-8-6-4-2/h13-16H,3-12H2,1-2H3. The van der Waals surface area contributed by atoms with Gasteiger partial charge in [-0.2, -0.15) is 0 Å². The lowest BCUT2D eigenvalue weighted by molar-refractivity contribution is -0.118. The number of unbranched alkanes of at least 4 members (excludes halogenated alkanes) is 4. The van der Waals surface area contributed by atoms with E-state index in [2.05, 4.69) is 13.8 Å². The molecule has 0 aromatic heterocycles. The minimum absolute atomic E-state index is 0.535. The van der Waals surface area contributed by atoms with Crippen LogP contribution < -0.4 is 0 Å². The van der Waals surface area contributed by atoms with Gasteiger partial charge < -0.3 is 9.47 Å². The average Bonchev–Trinajstić information content (AvgIpc) is 2.46. The topological polar surface area (TPSA) is 18.5 Å². The maximum Gasteiger partial charge on any atom is 0.160 e. The van der Waals surface area contributed by atoms with Crippen molar-refractivity contribution in [2.75, 3.05) is 13.2 Å². The van der Waals surface area contributed by atoms with Gasteiger partial charge in [0.25, 0.3) is 0 Å². The average molecular weight is 292 g/mol. The van der Waals surface area contributed by atoms with Gasteiger partial charge in [0.15, 0.2) is 12.3 Å². The molecule has 4 heteroatoms. The lowest BCUT2D eigenvalue weighted by atomic mass is 9.91. The van der Waals surface area contributed by atoms with Crippen LogP contribution in [0.15, 0.2) is 0 Å². The van der Waals surface area contributed by atoms with Gasteiger partial charge in [-0.15, -0.1) is 0 Å². The molecule has 120 valence electrons. The number of ether oxygens (including phenoxy) is 2. The summed E-state index contributed by atoms with van der Waals surface area (Å²) < 4.78 is 39.0. The van der Waals surface area contributed by atoms with Crippen LogP contribution in [0.5, 0.6) is 0 Å². The van der Waals surface area contributed by atoms with E-state index in [1.54, 1.807) is 0 Å². The van der Waals surface area contributed by atoms with E-state index in [9.17, 15) is 8.78 Å². The second kappa shape index (κ2) is 10.5. The molecule has 0 N–H and O–H groups in total. The molecule has 1 saturated carbocycles. The van der Waals surface area contributed by atoms with Crippen LogP contribution in [0.25, 0.3) is 0 Å². The molecular formula is C16H30F2O2. The summed E-state index contributed by atoms with van der Waals surface area (Å²) in [7, 11) is 0. The number of alkyl halides is 2. The molecule has 0 amide bonds. The second-order valence-electron chi connectivity index (χ2n) is 5.70. The van der Waals surface area contributed by atoms with Gasteiger partial charge in [0.05, 0.1) is 12.2 Å². The molecule has 2 nitrogen and oxygen atoms in total. The molecule has 0 saturated heterocycles. The van der Waals surface area contributed by atoms with Gasteiger partial charge in [-0.3, -0.25) is 0 Å². The zero-order chi connectivity index (χ0) is 14.8. The molecule has 20 heavy (non-hydrogen) atoms. The Hall–Kier alpha value is -0.220. The predicted octanol–water partition coefficient (Wildman–Crippen LogP) is 4.61. The predicted molar refractivity (Wildman–Crippen MR) is 77.6 cm³/mol. The van der Waals surface area contributed by atoms with Gasteiger partial charge in [-0.25, -0.2) is 8.78 Å². The van der Waals surface area contributed by atoms with Gasteiger partial charge in [-0.05, 0) is 25.7 Å².